The number of ether oxygens (including phenoxy) is 1. The van der Waals surface area contributed by atoms with Gasteiger partial charge in [-0.1, -0.05) is 30.3 Å². The van der Waals surface area contributed by atoms with E-state index < -0.39 is 5.60 Å². The fourth-order valence-corrected chi connectivity index (χ4v) is 3.45. The highest BCUT2D eigenvalue weighted by molar-refractivity contribution is 5.74. The minimum atomic E-state index is -0.905. The topological polar surface area (TPSA) is 73.8 Å². The van der Waals surface area contributed by atoms with Gasteiger partial charge in [0.05, 0.1) is 13.2 Å². The first-order chi connectivity index (χ1) is 12.1. The van der Waals surface area contributed by atoms with Crippen molar-refractivity contribution in [2.24, 2.45) is 0 Å². The minimum Gasteiger partial charge on any atom is -0.386 e. The normalized spacial score (nSPS) is 25.0. The lowest BCUT2D eigenvalue weighted by molar-refractivity contribution is 0.0290. The summed E-state index contributed by atoms with van der Waals surface area (Å²) in [7, 11) is 0. The van der Waals surface area contributed by atoms with Crippen LogP contribution in [0.15, 0.2) is 30.3 Å². The van der Waals surface area contributed by atoms with Crippen LogP contribution in [0.4, 0.5) is 4.79 Å². The smallest absolute Gasteiger partial charge is 0.315 e. The fourth-order valence-electron chi connectivity index (χ4n) is 3.45. The number of carbonyl (C=O) groups excluding carboxylic acids is 1. The second-order valence-electron chi connectivity index (χ2n) is 7.21. The first kappa shape index (κ1) is 18.2. The predicted octanol–water partition coefficient (Wildman–Crippen LogP) is 1.14. The number of rotatable bonds is 6. The molecule has 2 saturated heterocycles. The van der Waals surface area contributed by atoms with Gasteiger partial charge in [0.1, 0.15) is 5.60 Å². The van der Waals surface area contributed by atoms with Crippen molar-refractivity contribution in [3.05, 3.63) is 35.9 Å². The van der Waals surface area contributed by atoms with E-state index in [0.29, 0.717) is 19.6 Å². The number of nitrogens with one attached hydrogen (secondary N) is 2. The predicted molar refractivity (Wildman–Crippen MR) is 96.5 cm³/mol. The molecule has 6 nitrogen and oxygen atoms in total. The van der Waals surface area contributed by atoms with E-state index in [1.165, 1.54) is 5.56 Å². The van der Waals surface area contributed by atoms with Gasteiger partial charge in [-0.05, 0) is 24.8 Å². The molecule has 0 radical (unpaired) electrons. The molecule has 3 N–H and O–H groups in total. The summed E-state index contributed by atoms with van der Waals surface area (Å²) in [6.45, 7) is 4.18. The maximum absolute atomic E-state index is 12.0. The molecule has 138 valence electrons. The van der Waals surface area contributed by atoms with Gasteiger partial charge >= 0.3 is 6.03 Å². The lowest BCUT2D eigenvalue weighted by Crippen LogP contribution is -2.51. The highest BCUT2D eigenvalue weighted by atomic mass is 16.5. The Balaban J connectivity index is 1.31. The van der Waals surface area contributed by atoms with Gasteiger partial charge in [0, 0.05) is 38.7 Å². The Kier molecular flexibility index (Phi) is 6.29. The lowest BCUT2D eigenvalue weighted by Gasteiger charge is -2.32. The summed E-state index contributed by atoms with van der Waals surface area (Å²) >= 11 is 0. The molecule has 2 aliphatic rings. The van der Waals surface area contributed by atoms with Crippen LogP contribution in [0.25, 0.3) is 0 Å². The highest BCUT2D eigenvalue weighted by Crippen LogP contribution is 2.17. The summed E-state index contributed by atoms with van der Waals surface area (Å²) in [5.74, 6) is 0. The van der Waals surface area contributed by atoms with Gasteiger partial charge < -0.3 is 25.4 Å². The third-order valence-electron chi connectivity index (χ3n) is 5.14. The quantitative estimate of drug-likeness (QED) is 0.722. The van der Waals surface area contributed by atoms with E-state index in [0.717, 1.165) is 38.9 Å². The van der Waals surface area contributed by atoms with Crippen LogP contribution in [-0.2, 0) is 11.2 Å². The molecule has 0 aliphatic carbocycles. The molecule has 2 aliphatic heterocycles. The molecule has 3 rings (SSSR count). The fraction of sp³-hybridized carbons (Fsp3) is 0.632. The summed E-state index contributed by atoms with van der Waals surface area (Å²) in [6, 6.07) is 10.6. The molecule has 0 spiro atoms. The van der Waals surface area contributed by atoms with Crippen LogP contribution < -0.4 is 10.6 Å². The second kappa shape index (κ2) is 8.65. The van der Waals surface area contributed by atoms with Crippen LogP contribution in [0.5, 0.6) is 0 Å². The Morgan fingerprint density at radius 3 is 2.72 bits per heavy atom. The summed E-state index contributed by atoms with van der Waals surface area (Å²) in [5, 5.41) is 16.0. The number of hydrogen-bond acceptors (Lipinski definition) is 4. The molecule has 0 saturated carbocycles. The van der Waals surface area contributed by atoms with Crippen LogP contribution in [0, 0.1) is 0 Å². The van der Waals surface area contributed by atoms with Crippen LogP contribution in [0.1, 0.15) is 24.8 Å². The van der Waals surface area contributed by atoms with Crippen molar-refractivity contribution in [3.63, 3.8) is 0 Å². The van der Waals surface area contributed by atoms with Crippen molar-refractivity contribution in [1.82, 2.24) is 15.5 Å². The van der Waals surface area contributed by atoms with E-state index in [9.17, 15) is 9.90 Å². The highest BCUT2D eigenvalue weighted by Gasteiger charge is 2.32. The van der Waals surface area contributed by atoms with Crippen molar-refractivity contribution in [2.45, 2.75) is 37.3 Å². The molecule has 0 unspecified atom stereocenters. The minimum absolute atomic E-state index is 0.192. The molecule has 2 heterocycles. The molecule has 1 aromatic rings. The van der Waals surface area contributed by atoms with Gasteiger partial charge in [0.2, 0.25) is 0 Å². The third kappa shape index (κ3) is 5.70. The molecule has 0 bridgehead atoms. The average Bonchev–Trinajstić information content (AvgIpc) is 3.07. The van der Waals surface area contributed by atoms with E-state index in [4.69, 9.17) is 4.74 Å². The van der Waals surface area contributed by atoms with Gasteiger partial charge in [-0.15, -0.1) is 0 Å². The number of carbonyl (C=O) groups is 1. The van der Waals surface area contributed by atoms with Gasteiger partial charge in [0.25, 0.3) is 0 Å². The van der Waals surface area contributed by atoms with Crippen molar-refractivity contribution in [2.75, 3.05) is 39.4 Å². The van der Waals surface area contributed by atoms with E-state index in [1.807, 2.05) is 6.07 Å². The molecular weight excluding hydrogens is 318 g/mol. The Morgan fingerprint density at radius 2 is 2.04 bits per heavy atom. The molecule has 1 atom stereocenters. The molecule has 0 aromatic heterocycles. The number of piperidine rings is 1. The zero-order chi connectivity index (χ0) is 17.5. The lowest BCUT2D eigenvalue weighted by atomic mass is 10.0. The van der Waals surface area contributed by atoms with Gasteiger partial charge in [-0.3, -0.25) is 0 Å². The maximum Gasteiger partial charge on any atom is 0.315 e. The van der Waals surface area contributed by atoms with Gasteiger partial charge in [0.15, 0.2) is 0 Å². The molecule has 2 fully saturated rings. The molecule has 25 heavy (non-hydrogen) atoms. The van der Waals surface area contributed by atoms with Gasteiger partial charge in [-0.2, -0.15) is 0 Å². The van der Waals surface area contributed by atoms with Crippen LogP contribution in [0.2, 0.25) is 0 Å². The van der Waals surface area contributed by atoms with Crippen molar-refractivity contribution in [1.29, 1.82) is 0 Å². The van der Waals surface area contributed by atoms with Crippen molar-refractivity contribution in [3.8, 4) is 0 Å². The molecule has 2 amide bonds. The Labute approximate surface area is 149 Å². The van der Waals surface area contributed by atoms with E-state index in [1.54, 1.807) is 0 Å². The number of hydrogen-bond donors (Lipinski definition) is 3. The Morgan fingerprint density at radius 1 is 1.28 bits per heavy atom. The van der Waals surface area contributed by atoms with Crippen LogP contribution >= 0.6 is 0 Å². The van der Waals surface area contributed by atoms with Crippen LogP contribution in [-0.4, -0.2) is 67.1 Å². The molecule has 6 heteroatoms. The number of urea groups is 1. The number of amides is 2. The third-order valence-corrected chi connectivity index (χ3v) is 5.14. The average molecular weight is 347 g/mol. The van der Waals surface area contributed by atoms with Crippen molar-refractivity contribution >= 4 is 6.03 Å². The van der Waals surface area contributed by atoms with Crippen LogP contribution in [0.3, 0.4) is 0 Å². The van der Waals surface area contributed by atoms with Crippen molar-refractivity contribution < 1.29 is 14.6 Å². The summed E-state index contributed by atoms with van der Waals surface area (Å²) in [4.78, 5) is 14.5. The summed E-state index contributed by atoms with van der Waals surface area (Å²) in [6.07, 6.45) is 3.58. The van der Waals surface area contributed by atoms with E-state index in [2.05, 4.69) is 39.8 Å². The van der Waals surface area contributed by atoms with E-state index >= 15 is 0 Å². The summed E-state index contributed by atoms with van der Waals surface area (Å²) in [5.41, 5.74) is 0.467. The van der Waals surface area contributed by atoms with E-state index in [-0.39, 0.29) is 18.6 Å². The maximum atomic E-state index is 12.0. The first-order valence-electron chi connectivity index (χ1n) is 9.24. The zero-order valence-corrected chi connectivity index (χ0v) is 14.7. The Hall–Kier alpha value is -1.63. The largest absolute Gasteiger partial charge is 0.386 e. The standard InChI is InChI=1S/C19H29N3O3/c23-18(20-14-19(24)9-13-25-15-19)21-17-7-11-22(12-8-17)10-6-16-4-2-1-3-5-16/h1-5,17,24H,6-15H2,(H2,20,21,23)/t19-/m1/s1. The molecule has 1 aromatic carbocycles. The second-order valence-corrected chi connectivity index (χ2v) is 7.21. The Bertz CT molecular complexity index is 538. The number of likely N-dealkylation sites (tertiary alicyclic amines) is 1. The number of nitrogens with zero attached hydrogens (tertiary/aromatic N) is 1. The monoisotopic (exact) mass is 347 g/mol. The molecular formula is C19H29N3O3. The number of benzene rings is 1. The first-order valence-corrected chi connectivity index (χ1v) is 9.24. The SMILES string of the molecule is O=C(NC[C@]1(O)CCOC1)NC1CCN(CCc2ccccc2)CC1. The zero-order valence-electron chi connectivity index (χ0n) is 14.7. The summed E-state index contributed by atoms with van der Waals surface area (Å²) < 4.78 is 5.18. The van der Waals surface area contributed by atoms with Gasteiger partial charge in [-0.25, -0.2) is 4.79 Å². The number of aliphatic hydroxyl groups is 1.